The Hall–Kier alpha value is -1.75. The van der Waals surface area contributed by atoms with Crippen LogP contribution in [-0.4, -0.2) is 24.5 Å². The number of carbonyl (C=O) groups excluding carboxylic acids is 2. The number of hydrogen-bond acceptors (Lipinski definition) is 3. The Balaban J connectivity index is 1.76. The van der Waals surface area contributed by atoms with Crippen LogP contribution in [0.15, 0.2) is 18.2 Å². The number of urea groups is 1. The molecule has 1 aliphatic carbocycles. The zero-order valence-electron chi connectivity index (χ0n) is 12.0. The third-order valence-corrected chi connectivity index (χ3v) is 4.06. The summed E-state index contributed by atoms with van der Waals surface area (Å²) in [4.78, 5) is 23.4. The molecule has 3 N–H and O–H groups in total. The smallest absolute Gasteiger partial charge is 0.321 e. The highest BCUT2D eigenvalue weighted by Crippen LogP contribution is 2.22. The van der Waals surface area contributed by atoms with E-state index in [0.717, 1.165) is 36.9 Å². The molecule has 0 aromatic heterocycles. The quantitative estimate of drug-likeness (QED) is 0.801. The van der Waals surface area contributed by atoms with Crippen LogP contribution in [0.3, 0.4) is 0 Å². The summed E-state index contributed by atoms with van der Waals surface area (Å²) in [6.45, 7) is 1.90. The molecule has 1 aromatic carbocycles. The molecule has 0 atom stereocenters. The maximum Gasteiger partial charge on any atom is 0.321 e. The van der Waals surface area contributed by atoms with Crippen molar-refractivity contribution >= 4 is 29.2 Å². The third-order valence-electron chi connectivity index (χ3n) is 3.65. The van der Waals surface area contributed by atoms with Gasteiger partial charge >= 0.3 is 6.03 Å². The molecule has 1 aliphatic rings. The standard InChI is InChI=1S/C15H20ClN3O2/c1-10-12(16)7-4-8-13(10)17-9-14(20)19-15(21)18-11-5-2-3-6-11/h4,7-8,11,17H,2-3,5-6,9H2,1H3,(H2,18,19,20,21). The number of halogens is 1. The van der Waals surface area contributed by atoms with Gasteiger partial charge in [-0.3, -0.25) is 10.1 Å². The maximum absolute atomic E-state index is 11.7. The highest BCUT2D eigenvalue weighted by Gasteiger charge is 2.18. The zero-order chi connectivity index (χ0) is 15.2. The molecule has 1 saturated carbocycles. The lowest BCUT2D eigenvalue weighted by Gasteiger charge is -2.13. The van der Waals surface area contributed by atoms with E-state index in [1.807, 2.05) is 19.1 Å². The largest absolute Gasteiger partial charge is 0.376 e. The van der Waals surface area contributed by atoms with Crippen molar-refractivity contribution < 1.29 is 9.59 Å². The van der Waals surface area contributed by atoms with Crippen molar-refractivity contribution in [1.29, 1.82) is 0 Å². The summed E-state index contributed by atoms with van der Waals surface area (Å²) in [7, 11) is 0. The second-order valence-corrected chi connectivity index (χ2v) is 5.68. The molecule has 3 amide bonds. The Bertz CT molecular complexity index is 528. The van der Waals surface area contributed by atoms with Crippen molar-refractivity contribution in [1.82, 2.24) is 10.6 Å². The van der Waals surface area contributed by atoms with Crippen LogP contribution in [0.2, 0.25) is 5.02 Å². The minimum Gasteiger partial charge on any atom is -0.376 e. The van der Waals surface area contributed by atoms with Crippen molar-refractivity contribution in [3.8, 4) is 0 Å². The van der Waals surface area contributed by atoms with E-state index in [1.54, 1.807) is 6.07 Å². The number of amides is 3. The SMILES string of the molecule is Cc1c(Cl)cccc1NCC(=O)NC(=O)NC1CCCC1. The van der Waals surface area contributed by atoms with Gasteiger partial charge in [0, 0.05) is 16.8 Å². The van der Waals surface area contributed by atoms with Crippen molar-refractivity contribution in [2.24, 2.45) is 0 Å². The van der Waals surface area contributed by atoms with Gasteiger partial charge in [0.2, 0.25) is 5.91 Å². The topological polar surface area (TPSA) is 70.2 Å². The normalized spacial score (nSPS) is 14.8. The van der Waals surface area contributed by atoms with Gasteiger partial charge < -0.3 is 10.6 Å². The molecule has 1 aromatic rings. The lowest BCUT2D eigenvalue weighted by atomic mass is 10.2. The molecule has 21 heavy (non-hydrogen) atoms. The predicted octanol–water partition coefficient (Wildman–Crippen LogP) is 2.83. The van der Waals surface area contributed by atoms with Gasteiger partial charge in [-0.2, -0.15) is 0 Å². The molecule has 0 aliphatic heterocycles. The molecule has 0 spiro atoms. The average molecular weight is 310 g/mol. The van der Waals surface area contributed by atoms with Gasteiger partial charge in [-0.05, 0) is 37.5 Å². The minimum absolute atomic E-state index is 0.0271. The Morgan fingerprint density at radius 2 is 2.00 bits per heavy atom. The molecule has 0 unspecified atom stereocenters. The summed E-state index contributed by atoms with van der Waals surface area (Å²) >= 11 is 6.00. The van der Waals surface area contributed by atoms with Crippen molar-refractivity contribution in [3.05, 3.63) is 28.8 Å². The summed E-state index contributed by atoms with van der Waals surface area (Å²) in [5.74, 6) is -0.370. The molecule has 2 rings (SSSR count). The first-order valence-electron chi connectivity index (χ1n) is 7.15. The molecule has 0 bridgehead atoms. The Kier molecular flexibility index (Phi) is 5.44. The fourth-order valence-electron chi connectivity index (χ4n) is 2.44. The number of benzene rings is 1. The van der Waals surface area contributed by atoms with E-state index in [9.17, 15) is 9.59 Å². The van der Waals surface area contributed by atoms with Crippen LogP contribution in [0, 0.1) is 6.92 Å². The number of carbonyl (C=O) groups is 2. The van der Waals surface area contributed by atoms with Gasteiger partial charge in [-0.15, -0.1) is 0 Å². The summed E-state index contributed by atoms with van der Waals surface area (Å²) < 4.78 is 0. The first kappa shape index (κ1) is 15.6. The van der Waals surface area contributed by atoms with Gasteiger partial charge in [0.05, 0.1) is 6.54 Å². The fourth-order valence-corrected chi connectivity index (χ4v) is 2.61. The van der Waals surface area contributed by atoms with E-state index in [4.69, 9.17) is 11.6 Å². The summed E-state index contributed by atoms with van der Waals surface area (Å²) in [5.41, 5.74) is 1.66. The second-order valence-electron chi connectivity index (χ2n) is 5.27. The Morgan fingerprint density at radius 1 is 1.29 bits per heavy atom. The molecule has 1 fully saturated rings. The lowest BCUT2D eigenvalue weighted by Crippen LogP contribution is -2.45. The number of nitrogens with one attached hydrogen (secondary N) is 3. The number of hydrogen-bond donors (Lipinski definition) is 3. The molecule has 0 heterocycles. The van der Waals surface area contributed by atoms with Gasteiger partial charge in [-0.1, -0.05) is 30.5 Å². The van der Waals surface area contributed by atoms with Crippen LogP contribution < -0.4 is 16.0 Å². The van der Waals surface area contributed by atoms with E-state index in [-0.39, 0.29) is 18.5 Å². The minimum atomic E-state index is -0.420. The van der Waals surface area contributed by atoms with Gasteiger partial charge in [-0.25, -0.2) is 4.79 Å². The van der Waals surface area contributed by atoms with E-state index >= 15 is 0 Å². The van der Waals surface area contributed by atoms with E-state index in [1.165, 1.54) is 0 Å². The summed E-state index contributed by atoms with van der Waals surface area (Å²) in [6.07, 6.45) is 4.24. The number of imide groups is 1. The van der Waals surface area contributed by atoms with Crippen LogP contribution in [0.4, 0.5) is 10.5 Å². The summed E-state index contributed by atoms with van der Waals surface area (Å²) in [6, 6.07) is 5.21. The van der Waals surface area contributed by atoms with Crippen molar-refractivity contribution in [3.63, 3.8) is 0 Å². The molecule has 0 radical (unpaired) electrons. The monoisotopic (exact) mass is 309 g/mol. The van der Waals surface area contributed by atoms with Gasteiger partial charge in [0.15, 0.2) is 0 Å². The number of rotatable bonds is 4. The average Bonchev–Trinajstić information content (AvgIpc) is 2.93. The van der Waals surface area contributed by atoms with Crippen LogP contribution in [0.5, 0.6) is 0 Å². The van der Waals surface area contributed by atoms with Gasteiger partial charge in [0.25, 0.3) is 0 Å². The van der Waals surface area contributed by atoms with Crippen LogP contribution in [-0.2, 0) is 4.79 Å². The zero-order valence-corrected chi connectivity index (χ0v) is 12.8. The van der Waals surface area contributed by atoms with E-state index in [0.29, 0.717) is 5.02 Å². The van der Waals surface area contributed by atoms with Crippen molar-refractivity contribution in [2.45, 2.75) is 38.6 Å². The Labute approximate surface area is 129 Å². The first-order valence-corrected chi connectivity index (χ1v) is 7.53. The highest BCUT2D eigenvalue weighted by atomic mass is 35.5. The van der Waals surface area contributed by atoms with E-state index in [2.05, 4.69) is 16.0 Å². The van der Waals surface area contributed by atoms with Crippen LogP contribution >= 0.6 is 11.6 Å². The molecule has 5 nitrogen and oxygen atoms in total. The Morgan fingerprint density at radius 3 is 2.71 bits per heavy atom. The molecular weight excluding hydrogens is 290 g/mol. The fraction of sp³-hybridized carbons (Fsp3) is 0.467. The van der Waals surface area contributed by atoms with E-state index < -0.39 is 6.03 Å². The molecule has 0 saturated heterocycles. The van der Waals surface area contributed by atoms with Crippen molar-refractivity contribution in [2.75, 3.05) is 11.9 Å². The highest BCUT2D eigenvalue weighted by molar-refractivity contribution is 6.31. The molecule has 6 heteroatoms. The second kappa shape index (κ2) is 7.31. The number of anilines is 1. The lowest BCUT2D eigenvalue weighted by molar-refractivity contribution is -0.118. The molecular formula is C15H20ClN3O2. The molecule has 114 valence electrons. The van der Waals surface area contributed by atoms with Crippen LogP contribution in [0.25, 0.3) is 0 Å². The third kappa shape index (κ3) is 4.63. The van der Waals surface area contributed by atoms with Gasteiger partial charge in [0.1, 0.15) is 0 Å². The maximum atomic E-state index is 11.7. The van der Waals surface area contributed by atoms with Crippen LogP contribution in [0.1, 0.15) is 31.2 Å². The predicted molar refractivity (Wildman–Crippen MR) is 83.6 cm³/mol. The summed E-state index contributed by atoms with van der Waals surface area (Å²) in [5, 5.41) is 8.75. The first-order chi connectivity index (χ1) is 10.1.